The molecule has 0 saturated carbocycles. The maximum atomic E-state index is 4.94. The molecule has 13 heavy (non-hydrogen) atoms. The van der Waals surface area contributed by atoms with Crippen molar-refractivity contribution >= 4 is 0 Å². The zero-order valence-electron chi connectivity index (χ0n) is 8.12. The van der Waals surface area contributed by atoms with Gasteiger partial charge < -0.3 is 4.84 Å². The van der Waals surface area contributed by atoms with Crippen molar-refractivity contribution in [3.8, 4) is 0 Å². The monoisotopic (exact) mass is 179 g/mol. The highest BCUT2D eigenvalue weighted by Gasteiger charge is 1.93. The molecular formula is C11H17NO. The molecule has 0 aliphatic rings. The Labute approximate surface area is 79.7 Å². The molecule has 0 aliphatic carbocycles. The lowest BCUT2D eigenvalue weighted by Crippen LogP contribution is -2.01. The minimum absolute atomic E-state index is 0.634. The van der Waals surface area contributed by atoms with Crippen LogP contribution in [-0.2, 0) is 17.7 Å². The first-order valence-corrected chi connectivity index (χ1v) is 4.76. The molecule has 72 valence electrons. The highest BCUT2D eigenvalue weighted by atomic mass is 16.6. The lowest BCUT2D eigenvalue weighted by molar-refractivity contribution is 0.135. The molecule has 0 aliphatic heterocycles. The van der Waals surface area contributed by atoms with E-state index in [4.69, 9.17) is 5.90 Å². The van der Waals surface area contributed by atoms with E-state index in [1.165, 1.54) is 11.1 Å². The topological polar surface area (TPSA) is 35.2 Å². The molecule has 0 saturated heterocycles. The van der Waals surface area contributed by atoms with Gasteiger partial charge in [-0.1, -0.05) is 31.2 Å². The molecule has 0 spiro atoms. The van der Waals surface area contributed by atoms with Gasteiger partial charge in [0, 0.05) is 0 Å². The summed E-state index contributed by atoms with van der Waals surface area (Å²) in [6.45, 7) is 2.80. The largest absolute Gasteiger partial charge is 0.305 e. The SMILES string of the molecule is CCc1ccc(CCCON)cc1. The number of hydrogen-bond donors (Lipinski definition) is 1. The lowest BCUT2D eigenvalue weighted by atomic mass is 10.1. The van der Waals surface area contributed by atoms with E-state index < -0.39 is 0 Å². The van der Waals surface area contributed by atoms with Gasteiger partial charge in [-0.05, 0) is 30.4 Å². The Morgan fingerprint density at radius 3 is 2.31 bits per heavy atom. The molecule has 1 aromatic carbocycles. The average Bonchev–Trinajstić information content (AvgIpc) is 2.19. The third-order valence-electron chi connectivity index (χ3n) is 2.16. The van der Waals surface area contributed by atoms with E-state index in [0.717, 1.165) is 19.3 Å². The van der Waals surface area contributed by atoms with E-state index >= 15 is 0 Å². The average molecular weight is 179 g/mol. The van der Waals surface area contributed by atoms with Crippen LogP contribution in [0.3, 0.4) is 0 Å². The van der Waals surface area contributed by atoms with Gasteiger partial charge >= 0.3 is 0 Å². The van der Waals surface area contributed by atoms with E-state index in [-0.39, 0.29) is 0 Å². The third-order valence-corrected chi connectivity index (χ3v) is 2.16. The summed E-state index contributed by atoms with van der Waals surface area (Å²) in [5.41, 5.74) is 2.74. The molecular weight excluding hydrogens is 162 g/mol. The first-order valence-electron chi connectivity index (χ1n) is 4.76. The van der Waals surface area contributed by atoms with Crippen molar-refractivity contribution in [1.29, 1.82) is 0 Å². The van der Waals surface area contributed by atoms with Gasteiger partial charge in [-0.15, -0.1) is 0 Å². The zero-order chi connectivity index (χ0) is 9.52. The fraction of sp³-hybridized carbons (Fsp3) is 0.455. The van der Waals surface area contributed by atoms with Crippen molar-refractivity contribution in [1.82, 2.24) is 0 Å². The minimum atomic E-state index is 0.634. The van der Waals surface area contributed by atoms with E-state index in [1.54, 1.807) is 0 Å². The normalized spacial score (nSPS) is 10.3. The van der Waals surface area contributed by atoms with Gasteiger partial charge in [0.05, 0.1) is 6.61 Å². The molecule has 0 aromatic heterocycles. The van der Waals surface area contributed by atoms with Crippen LogP contribution in [0.25, 0.3) is 0 Å². The van der Waals surface area contributed by atoms with Crippen LogP contribution in [0.1, 0.15) is 24.5 Å². The molecule has 2 heteroatoms. The molecule has 0 atom stereocenters. The second kappa shape index (κ2) is 5.73. The number of rotatable bonds is 5. The fourth-order valence-electron chi connectivity index (χ4n) is 1.30. The molecule has 0 heterocycles. The van der Waals surface area contributed by atoms with Crippen LogP contribution in [0, 0.1) is 0 Å². The maximum Gasteiger partial charge on any atom is 0.0682 e. The van der Waals surface area contributed by atoms with Crippen molar-refractivity contribution < 1.29 is 4.84 Å². The summed E-state index contributed by atoms with van der Waals surface area (Å²) in [6, 6.07) is 8.71. The second-order valence-corrected chi connectivity index (χ2v) is 3.14. The summed E-state index contributed by atoms with van der Waals surface area (Å²) in [4.78, 5) is 4.51. The van der Waals surface area contributed by atoms with Crippen molar-refractivity contribution in [2.75, 3.05) is 6.61 Å². The summed E-state index contributed by atoms with van der Waals surface area (Å²) in [5, 5.41) is 0. The van der Waals surface area contributed by atoms with E-state index in [1.807, 2.05) is 0 Å². The molecule has 0 radical (unpaired) electrons. The van der Waals surface area contributed by atoms with Gasteiger partial charge in [-0.3, -0.25) is 0 Å². The predicted octanol–water partition coefficient (Wildman–Crippen LogP) is 2.07. The standard InChI is InChI=1S/C11H17NO/c1-2-10-5-7-11(8-6-10)4-3-9-13-12/h5-8H,2-4,9,12H2,1H3. The van der Waals surface area contributed by atoms with Crippen LogP contribution in [0.15, 0.2) is 24.3 Å². The van der Waals surface area contributed by atoms with Crippen molar-refractivity contribution in [3.05, 3.63) is 35.4 Å². The van der Waals surface area contributed by atoms with E-state index in [2.05, 4.69) is 36.0 Å². The third kappa shape index (κ3) is 3.57. The highest BCUT2D eigenvalue weighted by molar-refractivity contribution is 5.22. The Kier molecular flexibility index (Phi) is 4.50. The Morgan fingerprint density at radius 1 is 1.15 bits per heavy atom. The smallest absolute Gasteiger partial charge is 0.0682 e. The fourth-order valence-corrected chi connectivity index (χ4v) is 1.30. The summed E-state index contributed by atoms with van der Waals surface area (Å²) in [5.74, 6) is 4.94. The highest BCUT2D eigenvalue weighted by Crippen LogP contribution is 2.06. The van der Waals surface area contributed by atoms with E-state index in [0.29, 0.717) is 6.61 Å². The summed E-state index contributed by atoms with van der Waals surface area (Å²) >= 11 is 0. The Balaban J connectivity index is 2.40. The van der Waals surface area contributed by atoms with Gasteiger partial charge in [0.2, 0.25) is 0 Å². The summed E-state index contributed by atoms with van der Waals surface area (Å²) in [7, 11) is 0. The quantitative estimate of drug-likeness (QED) is 0.554. The van der Waals surface area contributed by atoms with Gasteiger partial charge in [0.15, 0.2) is 0 Å². The molecule has 2 nitrogen and oxygen atoms in total. The van der Waals surface area contributed by atoms with Gasteiger partial charge in [-0.25, -0.2) is 5.90 Å². The van der Waals surface area contributed by atoms with Crippen molar-refractivity contribution in [3.63, 3.8) is 0 Å². The van der Waals surface area contributed by atoms with Crippen LogP contribution in [0.5, 0.6) is 0 Å². The van der Waals surface area contributed by atoms with E-state index in [9.17, 15) is 0 Å². The molecule has 0 bridgehead atoms. The minimum Gasteiger partial charge on any atom is -0.305 e. The van der Waals surface area contributed by atoms with Crippen LogP contribution in [-0.4, -0.2) is 6.61 Å². The van der Waals surface area contributed by atoms with Crippen molar-refractivity contribution in [2.45, 2.75) is 26.2 Å². The van der Waals surface area contributed by atoms with Gasteiger partial charge in [0.1, 0.15) is 0 Å². The van der Waals surface area contributed by atoms with Crippen molar-refractivity contribution in [2.24, 2.45) is 5.90 Å². The van der Waals surface area contributed by atoms with Crippen LogP contribution in [0.2, 0.25) is 0 Å². The molecule has 1 rings (SSSR count). The maximum absolute atomic E-state index is 4.94. The van der Waals surface area contributed by atoms with Crippen LogP contribution >= 0.6 is 0 Å². The van der Waals surface area contributed by atoms with Crippen LogP contribution < -0.4 is 5.90 Å². The van der Waals surface area contributed by atoms with Gasteiger partial charge in [-0.2, -0.15) is 0 Å². The summed E-state index contributed by atoms with van der Waals surface area (Å²) in [6.07, 6.45) is 3.13. The molecule has 2 N–H and O–H groups in total. The lowest BCUT2D eigenvalue weighted by Gasteiger charge is -2.01. The number of aryl methyl sites for hydroxylation is 2. The summed E-state index contributed by atoms with van der Waals surface area (Å²) < 4.78 is 0. The van der Waals surface area contributed by atoms with Crippen LogP contribution in [0.4, 0.5) is 0 Å². The predicted molar refractivity (Wildman–Crippen MR) is 54.3 cm³/mol. The van der Waals surface area contributed by atoms with Gasteiger partial charge in [0.25, 0.3) is 0 Å². The molecule has 0 unspecified atom stereocenters. The molecule has 1 aromatic rings. The molecule has 0 fully saturated rings. The molecule has 0 amide bonds. The second-order valence-electron chi connectivity index (χ2n) is 3.14. The Morgan fingerprint density at radius 2 is 1.77 bits per heavy atom. The zero-order valence-corrected chi connectivity index (χ0v) is 8.12. The number of nitrogens with two attached hydrogens (primary N) is 1. The first-order chi connectivity index (χ1) is 6.36. The Bertz CT molecular complexity index is 230. The number of benzene rings is 1. The number of hydrogen-bond acceptors (Lipinski definition) is 2. The Hall–Kier alpha value is -0.860. The first kappa shape index (κ1) is 10.2.